The van der Waals surface area contributed by atoms with Crippen LogP contribution < -0.4 is 21.8 Å². The number of carbonyl (C=O) groups is 2. The second kappa shape index (κ2) is 16.8. The number of aromatic amines is 2. The Morgan fingerprint density at radius 2 is 1.06 bits per heavy atom. The molecule has 0 aliphatic carbocycles. The largest absolute Gasteiger partial charge is 0.506 e. The molecule has 53 heavy (non-hydrogen) atoms. The number of phenolic OH excluding ortho intramolecular Hbond substituents is 2. The minimum absolute atomic E-state index is 0.103. The number of alkyl halides is 6. The first-order valence-corrected chi connectivity index (χ1v) is 17.7. The molecule has 0 fully saturated rings. The van der Waals surface area contributed by atoms with Gasteiger partial charge in [0, 0.05) is 23.5 Å². The van der Waals surface area contributed by atoms with E-state index in [9.17, 15) is 55.7 Å². The van der Waals surface area contributed by atoms with Crippen molar-refractivity contribution in [3.05, 3.63) is 91.8 Å². The van der Waals surface area contributed by atoms with Crippen molar-refractivity contribution in [2.45, 2.75) is 67.6 Å². The number of hydrogen-bond acceptors (Lipinski definition) is 10. The zero-order valence-corrected chi connectivity index (χ0v) is 29.5. The lowest BCUT2D eigenvalue weighted by molar-refractivity contribution is -0.288. The first kappa shape index (κ1) is 40.8. The molecule has 2 heterocycles. The number of anilines is 2. The molecule has 0 saturated heterocycles. The SMILES string of the molecule is CCCc1cc(=O)[nH]c(SCC(=O)Nc2ccc(C(c3ccc(NC(=O)CSc4nc(CCC)cc(=O)[nH]4)c(O)c3)(C(F)(F)F)C(F)(F)F)cc2O)n1. The summed E-state index contributed by atoms with van der Waals surface area (Å²) in [5, 5.41) is 25.7. The molecule has 0 aliphatic rings. The van der Waals surface area contributed by atoms with E-state index < -0.39 is 86.2 Å². The quantitative estimate of drug-likeness (QED) is 0.0380. The average molecular weight is 787 g/mol. The number of carbonyl (C=O) groups excluding carboxylic acids is 2. The highest BCUT2D eigenvalue weighted by Crippen LogP contribution is 2.57. The Bertz CT molecular complexity index is 1940. The number of hydrogen-bond donors (Lipinski definition) is 6. The summed E-state index contributed by atoms with van der Waals surface area (Å²) in [6.07, 6.45) is -9.80. The second-order valence-corrected chi connectivity index (χ2v) is 13.4. The van der Waals surface area contributed by atoms with Crippen LogP contribution in [0.25, 0.3) is 0 Å². The number of H-pyrrole nitrogens is 2. The first-order valence-electron chi connectivity index (χ1n) is 15.7. The molecular formula is C33H32F6N6O6S2. The number of phenols is 2. The van der Waals surface area contributed by atoms with Gasteiger partial charge in [0.1, 0.15) is 11.5 Å². The van der Waals surface area contributed by atoms with Crippen LogP contribution in [0.4, 0.5) is 37.7 Å². The monoisotopic (exact) mass is 786 g/mol. The van der Waals surface area contributed by atoms with Crippen LogP contribution in [-0.4, -0.2) is 65.8 Å². The van der Waals surface area contributed by atoms with Crippen molar-refractivity contribution in [1.82, 2.24) is 19.9 Å². The van der Waals surface area contributed by atoms with Gasteiger partial charge in [0.05, 0.1) is 22.9 Å². The van der Waals surface area contributed by atoms with Crippen molar-refractivity contribution < 1.29 is 46.1 Å². The van der Waals surface area contributed by atoms with Crippen LogP contribution in [-0.2, 0) is 27.8 Å². The minimum Gasteiger partial charge on any atom is -0.506 e. The number of halogens is 6. The minimum atomic E-state index is -6.10. The summed E-state index contributed by atoms with van der Waals surface area (Å²) in [6.45, 7) is 3.74. The lowest BCUT2D eigenvalue weighted by Gasteiger charge is -2.38. The van der Waals surface area contributed by atoms with Gasteiger partial charge in [-0.15, -0.1) is 0 Å². The van der Waals surface area contributed by atoms with E-state index >= 15 is 0 Å². The number of aryl methyl sites for hydroxylation is 2. The van der Waals surface area contributed by atoms with E-state index in [2.05, 4.69) is 30.6 Å². The standard InChI is InChI=1S/C33H32F6N6O6S2/c1-3-5-19-13-25(48)44-29(40-19)52-15-27(50)42-21-9-7-17(11-23(21)46)31(32(34,35)36,33(37,38)39)18-8-10-22(24(47)12-18)43-28(51)16-53-30-41-20(6-4-2)14-26(49)45-30/h7-14,46-47H,3-6,15-16H2,1-2H3,(H,42,50)(H,43,51)(H,40,44,48)(H,41,45,49). The van der Waals surface area contributed by atoms with Crippen LogP contribution >= 0.6 is 23.5 Å². The maximum absolute atomic E-state index is 14.8. The van der Waals surface area contributed by atoms with Crippen molar-refractivity contribution >= 4 is 46.7 Å². The lowest BCUT2D eigenvalue weighted by Crippen LogP contribution is -2.54. The maximum Gasteiger partial charge on any atom is 0.411 e. The number of aromatic nitrogens is 4. The Morgan fingerprint density at radius 3 is 1.38 bits per heavy atom. The summed E-state index contributed by atoms with van der Waals surface area (Å²) in [5.41, 5.74) is -8.74. The first-order chi connectivity index (χ1) is 24.9. The molecule has 12 nitrogen and oxygen atoms in total. The Kier molecular flexibility index (Phi) is 12.9. The maximum atomic E-state index is 14.8. The number of rotatable bonds is 14. The molecule has 0 aliphatic heterocycles. The number of aromatic hydroxyl groups is 2. The molecule has 2 aromatic heterocycles. The topological polar surface area (TPSA) is 190 Å². The van der Waals surface area contributed by atoms with E-state index in [0.717, 1.165) is 23.5 Å². The van der Waals surface area contributed by atoms with Crippen LogP contribution in [0.2, 0.25) is 0 Å². The molecule has 0 bridgehead atoms. The van der Waals surface area contributed by atoms with Gasteiger partial charge in [-0.3, -0.25) is 19.2 Å². The molecule has 0 spiro atoms. The number of benzene rings is 2. The summed E-state index contributed by atoms with van der Waals surface area (Å²) < 4.78 is 88.6. The average Bonchev–Trinajstić information content (AvgIpc) is 3.04. The molecule has 284 valence electrons. The molecule has 20 heteroatoms. The summed E-state index contributed by atoms with van der Waals surface area (Å²) in [7, 11) is 0. The van der Waals surface area contributed by atoms with Gasteiger partial charge in [-0.05, 0) is 48.2 Å². The van der Waals surface area contributed by atoms with Gasteiger partial charge >= 0.3 is 12.4 Å². The molecule has 2 amide bonds. The Balaban J connectivity index is 1.57. The van der Waals surface area contributed by atoms with Crippen LogP contribution in [0.1, 0.15) is 49.2 Å². The predicted molar refractivity (Wildman–Crippen MR) is 186 cm³/mol. The molecule has 0 radical (unpaired) electrons. The number of thioether (sulfide) groups is 2. The molecule has 0 atom stereocenters. The van der Waals surface area contributed by atoms with Crippen LogP contribution in [0.15, 0.2) is 68.4 Å². The Labute approximate surface area is 305 Å². The van der Waals surface area contributed by atoms with E-state index in [-0.39, 0.29) is 22.4 Å². The Morgan fingerprint density at radius 1 is 0.679 bits per heavy atom. The van der Waals surface area contributed by atoms with Gasteiger partial charge in [-0.2, -0.15) is 26.3 Å². The molecule has 4 aromatic rings. The van der Waals surface area contributed by atoms with Crippen molar-refractivity contribution in [3.63, 3.8) is 0 Å². The van der Waals surface area contributed by atoms with Crippen LogP contribution in [0, 0.1) is 0 Å². The Hall–Kier alpha value is -4.98. The van der Waals surface area contributed by atoms with Crippen molar-refractivity contribution in [2.24, 2.45) is 0 Å². The fourth-order valence-corrected chi connectivity index (χ4v) is 6.62. The van der Waals surface area contributed by atoms with Gasteiger partial charge in [-0.25, -0.2) is 9.97 Å². The fourth-order valence-electron chi connectivity index (χ4n) is 5.24. The fraction of sp³-hybridized carbons (Fsp3) is 0.333. The highest BCUT2D eigenvalue weighted by molar-refractivity contribution is 8.00. The summed E-state index contributed by atoms with van der Waals surface area (Å²) in [5.74, 6) is -4.69. The zero-order valence-electron chi connectivity index (χ0n) is 27.9. The highest BCUT2D eigenvalue weighted by atomic mass is 32.2. The van der Waals surface area contributed by atoms with E-state index in [1.165, 1.54) is 12.1 Å². The van der Waals surface area contributed by atoms with Gasteiger partial charge in [0.2, 0.25) is 17.2 Å². The molecule has 6 N–H and O–H groups in total. The molecule has 0 saturated carbocycles. The van der Waals surface area contributed by atoms with Crippen molar-refractivity contribution in [3.8, 4) is 11.5 Å². The molecule has 2 aromatic carbocycles. The third-order valence-electron chi connectivity index (χ3n) is 7.50. The van der Waals surface area contributed by atoms with Gasteiger partial charge < -0.3 is 30.8 Å². The van der Waals surface area contributed by atoms with Gasteiger partial charge in [0.15, 0.2) is 10.3 Å². The number of nitrogens with one attached hydrogen (secondary N) is 4. The molecular weight excluding hydrogens is 755 g/mol. The van der Waals surface area contributed by atoms with E-state index in [1.54, 1.807) is 0 Å². The second-order valence-electron chi connectivity index (χ2n) is 11.5. The highest BCUT2D eigenvalue weighted by Gasteiger charge is 2.72. The van der Waals surface area contributed by atoms with Gasteiger partial charge in [0.25, 0.3) is 11.1 Å². The van der Waals surface area contributed by atoms with E-state index in [1.807, 2.05) is 13.8 Å². The third-order valence-corrected chi connectivity index (χ3v) is 9.24. The van der Waals surface area contributed by atoms with Crippen molar-refractivity contribution in [2.75, 3.05) is 22.1 Å². The normalized spacial score (nSPS) is 12.1. The van der Waals surface area contributed by atoms with Crippen LogP contribution in [0.5, 0.6) is 11.5 Å². The molecule has 4 rings (SSSR count). The predicted octanol–water partition coefficient (Wildman–Crippen LogP) is 6.04. The summed E-state index contributed by atoms with van der Waals surface area (Å²) in [4.78, 5) is 62.1. The third kappa shape index (κ3) is 9.72. The van der Waals surface area contributed by atoms with Crippen molar-refractivity contribution in [1.29, 1.82) is 0 Å². The lowest BCUT2D eigenvalue weighted by atomic mass is 9.72. The van der Waals surface area contributed by atoms with E-state index in [4.69, 9.17) is 0 Å². The van der Waals surface area contributed by atoms with Crippen LogP contribution in [0.3, 0.4) is 0 Å². The smallest absolute Gasteiger partial charge is 0.411 e. The summed E-state index contributed by atoms with van der Waals surface area (Å²) in [6, 6.07) is 5.16. The number of nitrogens with zero attached hydrogens (tertiary/aromatic N) is 2. The van der Waals surface area contributed by atoms with Gasteiger partial charge in [-0.1, -0.05) is 62.3 Å². The summed E-state index contributed by atoms with van der Waals surface area (Å²) >= 11 is 1.61. The molecule has 0 unspecified atom stereocenters. The zero-order chi connectivity index (χ0) is 39.1. The van der Waals surface area contributed by atoms with E-state index in [0.29, 0.717) is 61.3 Å². The number of amides is 2.